The fourth-order valence-electron chi connectivity index (χ4n) is 2.28. The van der Waals surface area contributed by atoms with E-state index in [-0.39, 0.29) is 0 Å². The molecular weight excluding hydrogens is 675 g/mol. The molecule has 1 rings (SSSR count). The molecule has 1 aromatic carbocycles. The molecule has 41 heavy (non-hydrogen) atoms. The third kappa shape index (κ3) is 5.09. The van der Waals surface area contributed by atoms with Gasteiger partial charge in [-0.3, -0.25) is 4.55 Å². The van der Waals surface area contributed by atoms with E-state index in [1.54, 1.807) is 0 Å². The first-order chi connectivity index (χ1) is 17.7. The first-order valence-electron chi connectivity index (χ1n) is 8.60. The third-order valence-electron chi connectivity index (χ3n) is 4.41. The molecule has 0 aliphatic carbocycles. The molecule has 1 aromatic rings. The zero-order valence-corrected chi connectivity index (χ0v) is 18.3. The van der Waals surface area contributed by atoms with Gasteiger partial charge in [-0.25, -0.2) is 13.2 Å². The van der Waals surface area contributed by atoms with Crippen LogP contribution in [-0.4, -0.2) is 54.7 Å². The molecule has 0 spiro atoms. The number of hydrogen-bond donors (Lipinski definition) is 1. The summed E-state index contributed by atoms with van der Waals surface area (Å²) in [5.41, 5.74) is 0. The summed E-state index contributed by atoms with van der Waals surface area (Å²) in [6, 6.07) is -4.53. The Bertz CT molecular complexity index is 1340. The number of benzene rings is 1. The molecule has 0 amide bonds. The van der Waals surface area contributed by atoms with Gasteiger partial charge in [-0.15, -0.1) is 0 Å². The van der Waals surface area contributed by atoms with E-state index in [4.69, 9.17) is 4.55 Å². The van der Waals surface area contributed by atoms with Gasteiger partial charge >= 0.3 is 57.8 Å². The number of rotatable bonds is 9. The van der Waals surface area contributed by atoms with Crippen LogP contribution in [0.2, 0.25) is 0 Å². The zero-order valence-electron chi connectivity index (χ0n) is 17.5. The van der Waals surface area contributed by atoms with Gasteiger partial charge in [0.15, 0.2) is 22.3 Å². The van der Waals surface area contributed by atoms with Crippen LogP contribution in [0.3, 0.4) is 0 Å². The van der Waals surface area contributed by atoms with Gasteiger partial charge in [0.2, 0.25) is 17.5 Å². The molecule has 0 saturated heterocycles. The van der Waals surface area contributed by atoms with E-state index in [0.29, 0.717) is 0 Å². The lowest BCUT2D eigenvalue weighted by molar-refractivity contribution is -0.451. The summed E-state index contributed by atoms with van der Waals surface area (Å²) in [6.45, 7) is 0. The van der Waals surface area contributed by atoms with Crippen molar-refractivity contribution in [2.45, 2.75) is 46.6 Å². The fraction of sp³-hybridized carbons (Fsp3) is 0.467. The van der Waals surface area contributed by atoms with E-state index >= 15 is 0 Å². The molecule has 0 aliphatic rings. The standard InChI is InChI=1S/C15HF21O4S/c16-1-2(17)4(19)6(41(37,38)39)5(3(1)18)40-8(21)7(20)9(22,23)10(24,25)11(26,27)12(28,29)13(30,31)14(32,33)15(34,35)36/h(H,37,38,39). The number of hydrogen-bond acceptors (Lipinski definition) is 3. The van der Waals surface area contributed by atoms with Gasteiger partial charge in [-0.05, 0) is 0 Å². The molecule has 0 radical (unpaired) electrons. The Balaban J connectivity index is 3.89. The SMILES string of the molecule is O=S(=O)(O)c1c(F)c(F)c(F)c(F)c1OC(F)=C(F)C(F)(F)C(F)(F)C(F)(F)C(F)(F)C(F)(F)C(F)(F)C(F)(F)F. The first kappa shape index (κ1) is 36.2. The Hall–Kier alpha value is -2.80. The summed E-state index contributed by atoms with van der Waals surface area (Å²) in [5, 5.41) is 0. The quantitative estimate of drug-likeness (QED) is 0.0978. The van der Waals surface area contributed by atoms with Crippen LogP contribution in [0.25, 0.3) is 0 Å². The minimum absolute atomic E-state index is 2.74. The van der Waals surface area contributed by atoms with Crippen molar-refractivity contribution in [2.75, 3.05) is 0 Å². The van der Waals surface area contributed by atoms with Crippen LogP contribution in [-0.2, 0) is 10.1 Å². The van der Waals surface area contributed by atoms with E-state index < -0.39 is 97.6 Å². The number of alkyl halides is 15. The smallest absolute Gasteiger partial charge is 0.425 e. The Morgan fingerprint density at radius 3 is 1.27 bits per heavy atom. The molecule has 0 bridgehead atoms. The average molecular weight is 676 g/mol. The topological polar surface area (TPSA) is 63.6 Å². The lowest BCUT2D eigenvalue weighted by Gasteiger charge is -2.41. The molecule has 238 valence electrons. The average Bonchev–Trinajstić information content (AvgIpc) is 2.78. The van der Waals surface area contributed by atoms with Crippen molar-refractivity contribution in [3.63, 3.8) is 0 Å². The maximum absolute atomic E-state index is 13.7. The van der Waals surface area contributed by atoms with Gasteiger partial charge in [0.05, 0.1) is 0 Å². The summed E-state index contributed by atoms with van der Waals surface area (Å²) in [4.78, 5) is -3.20. The minimum atomic E-state index is -8.95. The monoisotopic (exact) mass is 676 g/mol. The first-order valence-corrected chi connectivity index (χ1v) is 10.0. The van der Waals surface area contributed by atoms with Crippen molar-refractivity contribution < 1.29 is 110 Å². The second-order valence-corrected chi connectivity index (χ2v) is 8.38. The molecular formula is C15HF21O4S. The summed E-state index contributed by atoms with van der Waals surface area (Å²) < 4.78 is 311. The third-order valence-corrected chi connectivity index (χ3v) is 5.29. The van der Waals surface area contributed by atoms with Gasteiger partial charge in [0, 0.05) is 0 Å². The summed E-state index contributed by atoms with van der Waals surface area (Å²) in [7, 11) is -6.61. The van der Waals surface area contributed by atoms with Crippen molar-refractivity contribution >= 4 is 10.1 Å². The number of ether oxygens (including phenoxy) is 1. The number of halogens is 21. The number of allylic oxidation sites excluding steroid dienone is 1. The fourth-order valence-corrected chi connectivity index (χ4v) is 2.96. The molecule has 1 N–H and O–H groups in total. The predicted molar refractivity (Wildman–Crippen MR) is 81.7 cm³/mol. The van der Waals surface area contributed by atoms with E-state index in [0.717, 1.165) is 0 Å². The largest absolute Gasteiger partial charge is 0.460 e. The molecule has 0 fully saturated rings. The van der Waals surface area contributed by atoms with Crippen molar-refractivity contribution in [1.29, 1.82) is 0 Å². The van der Waals surface area contributed by atoms with Crippen LogP contribution in [0.4, 0.5) is 92.2 Å². The van der Waals surface area contributed by atoms with Crippen molar-refractivity contribution in [2.24, 2.45) is 0 Å². The molecule has 0 aliphatic heterocycles. The van der Waals surface area contributed by atoms with Gasteiger partial charge in [-0.2, -0.15) is 87.4 Å². The van der Waals surface area contributed by atoms with Crippen LogP contribution < -0.4 is 4.74 Å². The maximum atomic E-state index is 13.7. The van der Waals surface area contributed by atoms with Gasteiger partial charge < -0.3 is 4.74 Å². The summed E-state index contributed by atoms with van der Waals surface area (Å²) >= 11 is 0. The zero-order chi connectivity index (χ0) is 33.3. The molecule has 4 nitrogen and oxygen atoms in total. The van der Waals surface area contributed by atoms with E-state index in [1.807, 2.05) is 0 Å². The molecule has 0 saturated carbocycles. The minimum Gasteiger partial charge on any atom is -0.425 e. The van der Waals surface area contributed by atoms with Gasteiger partial charge in [0.25, 0.3) is 0 Å². The van der Waals surface area contributed by atoms with Gasteiger partial charge in [-0.1, -0.05) is 0 Å². The van der Waals surface area contributed by atoms with E-state index in [9.17, 15) is 101 Å². The molecule has 26 heteroatoms. The highest BCUT2D eigenvalue weighted by atomic mass is 32.2. The van der Waals surface area contributed by atoms with E-state index in [2.05, 4.69) is 4.74 Å². The highest BCUT2D eigenvalue weighted by Crippen LogP contribution is 2.63. The van der Waals surface area contributed by atoms with Crippen molar-refractivity contribution in [3.05, 3.63) is 35.1 Å². The van der Waals surface area contributed by atoms with E-state index in [1.165, 1.54) is 0 Å². The van der Waals surface area contributed by atoms with Crippen molar-refractivity contribution in [3.8, 4) is 5.75 Å². The molecule has 0 atom stereocenters. The normalized spacial score (nSPS) is 15.7. The van der Waals surface area contributed by atoms with Crippen LogP contribution >= 0.6 is 0 Å². The highest BCUT2D eigenvalue weighted by Gasteiger charge is 2.93. The van der Waals surface area contributed by atoms with Crippen molar-refractivity contribution in [1.82, 2.24) is 0 Å². The summed E-state index contributed by atoms with van der Waals surface area (Å²) in [6.07, 6.45) is -7.98. The second kappa shape index (κ2) is 9.89. The predicted octanol–water partition coefficient (Wildman–Crippen LogP) is 7.35. The Labute approximate surface area is 208 Å². The Morgan fingerprint density at radius 1 is 0.561 bits per heavy atom. The lowest BCUT2D eigenvalue weighted by atomic mass is 9.91. The molecule has 0 heterocycles. The Morgan fingerprint density at radius 2 is 0.902 bits per heavy atom. The van der Waals surface area contributed by atoms with Crippen LogP contribution in [0.1, 0.15) is 0 Å². The van der Waals surface area contributed by atoms with Crippen LogP contribution in [0.5, 0.6) is 5.75 Å². The van der Waals surface area contributed by atoms with Crippen LogP contribution in [0, 0.1) is 23.3 Å². The molecule has 0 unspecified atom stereocenters. The summed E-state index contributed by atoms with van der Waals surface area (Å²) in [5.74, 6) is -73.9. The maximum Gasteiger partial charge on any atom is 0.460 e. The van der Waals surface area contributed by atoms with Gasteiger partial charge in [0.1, 0.15) is 0 Å². The lowest BCUT2D eigenvalue weighted by Crippen LogP contribution is -2.72. The second-order valence-electron chi connectivity index (χ2n) is 7.02. The Kier molecular flexibility index (Phi) is 8.74. The molecule has 0 aromatic heterocycles. The van der Waals surface area contributed by atoms with Crippen LogP contribution in [0.15, 0.2) is 16.7 Å². The highest BCUT2D eigenvalue weighted by molar-refractivity contribution is 7.86.